The number of rotatable bonds is 2. The molecule has 1 rings (SSSR count). The maximum Gasteiger partial charge on any atom is 0.337 e. The van der Waals surface area contributed by atoms with Gasteiger partial charge in [0.05, 0.1) is 5.56 Å². The van der Waals surface area contributed by atoms with E-state index in [9.17, 15) is 10.0 Å². The average Bonchev–Trinajstić information content (AvgIpc) is 2.50. The summed E-state index contributed by atoms with van der Waals surface area (Å²) in [6.07, 6.45) is 1.44. The minimum Gasteiger partial charge on any atom is -0.478 e. The van der Waals surface area contributed by atoms with Crippen LogP contribution in [0.4, 0.5) is 0 Å². The van der Waals surface area contributed by atoms with Crippen LogP contribution >= 0.6 is 11.3 Å². The summed E-state index contributed by atoms with van der Waals surface area (Å²) in [6.45, 7) is 5.49. The van der Waals surface area contributed by atoms with Crippen LogP contribution in [0, 0.1) is 0 Å². The summed E-state index contributed by atoms with van der Waals surface area (Å²) in [5.74, 6) is -0.982. The van der Waals surface area contributed by atoms with Crippen molar-refractivity contribution in [3.8, 4) is 0 Å². The Kier molecular flexibility index (Phi) is 3.14. The van der Waals surface area contributed by atoms with Gasteiger partial charge >= 0.3 is 5.97 Å². The number of hydrogen-bond acceptors (Lipinski definition) is 3. The second kappa shape index (κ2) is 4.02. The Hall–Kier alpha value is -1.36. The molecule has 4 nitrogen and oxygen atoms in total. The number of aromatic carboxylic acids is 1. The minimum atomic E-state index is -0.982. The largest absolute Gasteiger partial charge is 0.478 e. The molecule has 0 unspecified atom stereocenters. The van der Waals surface area contributed by atoms with E-state index in [1.54, 1.807) is 5.38 Å². The summed E-state index contributed by atoms with van der Waals surface area (Å²) in [6, 6.07) is 1.52. The average molecular weight is 228 g/mol. The fraction of sp³-hybridized carbons (Fsp3) is 0.400. The highest BCUT2D eigenvalue weighted by atomic mass is 32.1. The molecule has 0 amide bonds. The van der Waals surface area contributed by atoms with Gasteiger partial charge in [-0.05, 0) is 16.2 Å². The van der Waals surface area contributed by atoms with Crippen LogP contribution in [0.3, 0.4) is 0 Å². The molecule has 0 saturated carbocycles. The lowest BCUT2D eigenvalue weighted by molar-refractivity contribution is -0.816. The van der Waals surface area contributed by atoms with E-state index in [0.717, 1.165) is 4.74 Å². The fourth-order valence-corrected chi connectivity index (χ4v) is 1.70. The monoisotopic (exact) mass is 228 g/mol. The SMILES string of the molecule is CC(C)(C)/[N+](O)=C/c1sccc1C(=O)O. The zero-order valence-corrected chi connectivity index (χ0v) is 9.71. The lowest BCUT2D eigenvalue weighted by Crippen LogP contribution is -2.31. The van der Waals surface area contributed by atoms with Gasteiger partial charge in [-0.1, -0.05) is 0 Å². The first-order chi connectivity index (χ1) is 6.82. The molecular formula is C10H14NO3S+. The molecule has 1 heterocycles. The maximum atomic E-state index is 10.8. The van der Waals surface area contributed by atoms with Gasteiger partial charge in [0.15, 0.2) is 0 Å². The summed E-state index contributed by atoms with van der Waals surface area (Å²) >= 11 is 1.28. The molecule has 82 valence electrons. The van der Waals surface area contributed by atoms with E-state index in [4.69, 9.17) is 5.11 Å². The summed E-state index contributed by atoms with van der Waals surface area (Å²) in [7, 11) is 0. The number of carbonyl (C=O) groups is 1. The van der Waals surface area contributed by atoms with Crippen LogP contribution in [-0.2, 0) is 0 Å². The molecule has 1 aromatic rings. The van der Waals surface area contributed by atoms with E-state index >= 15 is 0 Å². The highest BCUT2D eigenvalue weighted by Crippen LogP contribution is 2.15. The highest BCUT2D eigenvalue weighted by molar-refractivity contribution is 7.12. The lowest BCUT2D eigenvalue weighted by Gasteiger charge is -2.08. The van der Waals surface area contributed by atoms with Crippen LogP contribution in [0.1, 0.15) is 36.0 Å². The van der Waals surface area contributed by atoms with E-state index in [2.05, 4.69) is 0 Å². The van der Waals surface area contributed by atoms with Gasteiger partial charge in [0.2, 0.25) is 11.8 Å². The van der Waals surface area contributed by atoms with Crippen molar-refractivity contribution in [1.29, 1.82) is 0 Å². The molecule has 0 aromatic carbocycles. The molecular weight excluding hydrogens is 214 g/mol. The van der Waals surface area contributed by atoms with Crippen molar-refractivity contribution in [1.82, 2.24) is 0 Å². The summed E-state index contributed by atoms with van der Waals surface area (Å²) in [5, 5.41) is 20.2. The molecule has 0 radical (unpaired) electrons. The van der Waals surface area contributed by atoms with Gasteiger partial charge < -0.3 is 5.11 Å². The van der Waals surface area contributed by atoms with E-state index < -0.39 is 11.5 Å². The third-order valence-electron chi connectivity index (χ3n) is 1.85. The van der Waals surface area contributed by atoms with Crippen molar-refractivity contribution < 1.29 is 19.8 Å². The highest BCUT2D eigenvalue weighted by Gasteiger charge is 2.25. The summed E-state index contributed by atoms with van der Waals surface area (Å²) in [4.78, 5) is 11.3. The molecule has 0 spiro atoms. The molecule has 0 atom stereocenters. The second-order valence-corrected chi connectivity index (χ2v) is 5.10. The Morgan fingerprint density at radius 3 is 2.60 bits per heavy atom. The van der Waals surface area contributed by atoms with Gasteiger partial charge in [-0.15, -0.1) is 11.3 Å². The number of nitrogens with zero attached hydrogens (tertiary/aromatic N) is 1. The standard InChI is InChI=1S/C10H13NO3S/c1-10(2,3)11(14)6-8-7(9(12)13)4-5-15-8/h4-6H,1-3H3,(H-,12,13,14)/p+1/b11-6-. The number of hydrogen-bond donors (Lipinski definition) is 2. The molecule has 0 aliphatic rings. The van der Waals surface area contributed by atoms with Crippen molar-refractivity contribution in [2.24, 2.45) is 0 Å². The Labute approximate surface area is 92.1 Å². The number of carboxylic acids is 1. The molecule has 5 heteroatoms. The zero-order chi connectivity index (χ0) is 11.6. The molecule has 0 bridgehead atoms. The van der Waals surface area contributed by atoms with E-state index in [1.165, 1.54) is 23.6 Å². The maximum absolute atomic E-state index is 10.8. The third-order valence-corrected chi connectivity index (χ3v) is 2.70. The minimum absolute atomic E-state index is 0.211. The summed E-state index contributed by atoms with van der Waals surface area (Å²) < 4.78 is 1.02. The first-order valence-electron chi connectivity index (χ1n) is 4.46. The second-order valence-electron chi connectivity index (χ2n) is 4.15. The molecule has 0 aliphatic carbocycles. The van der Waals surface area contributed by atoms with Gasteiger partial charge in [-0.25, -0.2) is 4.79 Å². The van der Waals surface area contributed by atoms with Gasteiger partial charge in [0.1, 0.15) is 4.88 Å². The van der Waals surface area contributed by atoms with Crippen molar-refractivity contribution in [3.63, 3.8) is 0 Å². The summed E-state index contributed by atoms with van der Waals surface area (Å²) in [5.41, 5.74) is -0.233. The first kappa shape index (κ1) is 11.7. The van der Waals surface area contributed by atoms with Crippen molar-refractivity contribution in [3.05, 3.63) is 21.9 Å². The lowest BCUT2D eigenvalue weighted by atomic mass is 10.1. The Morgan fingerprint density at radius 2 is 2.13 bits per heavy atom. The predicted molar refractivity (Wildman–Crippen MR) is 58.2 cm³/mol. The van der Waals surface area contributed by atoms with Crippen LogP contribution in [-0.4, -0.2) is 32.8 Å². The number of carboxylic acid groups (broad SMARTS) is 1. The van der Waals surface area contributed by atoms with Crippen molar-refractivity contribution in [2.75, 3.05) is 0 Å². The molecule has 0 fully saturated rings. The van der Waals surface area contributed by atoms with E-state index in [-0.39, 0.29) is 5.56 Å². The smallest absolute Gasteiger partial charge is 0.337 e. The Morgan fingerprint density at radius 1 is 1.53 bits per heavy atom. The van der Waals surface area contributed by atoms with Gasteiger partial charge in [-0.3, -0.25) is 5.21 Å². The Balaban J connectivity index is 3.09. The van der Waals surface area contributed by atoms with Gasteiger partial charge in [0, 0.05) is 20.8 Å². The molecule has 1 aromatic heterocycles. The van der Waals surface area contributed by atoms with Crippen LogP contribution in [0.5, 0.6) is 0 Å². The molecule has 0 aliphatic heterocycles. The van der Waals surface area contributed by atoms with Crippen LogP contribution in [0.2, 0.25) is 0 Å². The molecule has 15 heavy (non-hydrogen) atoms. The van der Waals surface area contributed by atoms with E-state index in [1.807, 2.05) is 20.8 Å². The van der Waals surface area contributed by atoms with E-state index in [0.29, 0.717) is 4.88 Å². The third kappa shape index (κ3) is 2.79. The fourth-order valence-electron chi connectivity index (χ4n) is 0.902. The first-order valence-corrected chi connectivity index (χ1v) is 5.34. The quantitative estimate of drug-likeness (QED) is 0.352. The van der Waals surface area contributed by atoms with Gasteiger partial charge in [0.25, 0.3) is 0 Å². The van der Waals surface area contributed by atoms with Crippen molar-refractivity contribution in [2.45, 2.75) is 26.3 Å². The normalized spacial score (nSPS) is 12.9. The predicted octanol–water partition coefficient (Wildman–Crippen LogP) is 2.07. The number of thiophene rings is 1. The van der Waals surface area contributed by atoms with Crippen LogP contribution < -0.4 is 0 Å². The van der Waals surface area contributed by atoms with Crippen LogP contribution in [0.25, 0.3) is 0 Å². The van der Waals surface area contributed by atoms with Crippen molar-refractivity contribution >= 4 is 23.5 Å². The molecule has 2 N–H and O–H groups in total. The molecule has 0 saturated heterocycles. The zero-order valence-electron chi connectivity index (χ0n) is 8.89. The number of hydroxylamine groups is 1. The Bertz CT molecular complexity index is 401. The van der Waals surface area contributed by atoms with Crippen LogP contribution in [0.15, 0.2) is 11.4 Å². The van der Waals surface area contributed by atoms with Gasteiger partial charge in [-0.2, -0.15) is 0 Å². The topological polar surface area (TPSA) is 60.5 Å².